The number of hydrogen-bond acceptors (Lipinski definition) is 8. The Labute approximate surface area is 181 Å². The van der Waals surface area contributed by atoms with Crippen molar-refractivity contribution in [3.8, 4) is 0 Å². The van der Waals surface area contributed by atoms with Gasteiger partial charge in [-0.2, -0.15) is 0 Å². The number of carboxylic acids is 2. The molecule has 0 radical (unpaired) electrons. The molecule has 176 valence electrons. The molecule has 0 fully saturated rings. The smallest absolute Gasteiger partial charge is 0.326 e. The quantitative estimate of drug-likeness (QED) is 0.144. The fraction of sp³-hybridized carbons (Fsp3) is 0.471. The van der Waals surface area contributed by atoms with Gasteiger partial charge in [-0.25, -0.2) is 9.78 Å². The molecule has 1 heterocycles. The molecule has 0 aromatic carbocycles. The number of imidazole rings is 1. The molecule has 32 heavy (non-hydrogen) atoms. The number of amides is 4. The molecule has 10 N–H and O–H groups in total. The van der Waals surface area contributed by atoms with Crippen molar-refractivity contribution >= 4 is 35.6 Å². The number of H-pyrrole nitrogens is 1. The van der Waals surface area contributed by atoms with Crippen LogP contribution in [0.4, 0.5) is 0 Å². The summed E-state index contributed by atoms with van der Waals surface area (Å²) in [5.41, 5.74) is 10.9. The first kappa shape index (κ1) is 26.0. The number of rotatable bonds is 13. The monoisotopic (exact) mass is 455 g/mol. The summed E-state index contributed by atoms with van der Waals surface area (Å²) in [4.78, 5) is 77.1. The highest BCUT2D eigenvalue weighted by Gasteiger charge is 2.32. The predicted molar refractivity (Wildman–Crippen MR) is 105 cm³/mol. The van der Waals surface area contributed by atoms with Crippen molar-refractivity contribution in [1.29, 1.82) is 0 Å². The number of carbonyl (C=O) groups excluding carboxylic acids is 4. The van der Waals surface area contributed by atoms with Crippen LogP contribution in [0.3, 0.4) is 0 Å². The molecule has 15 heteroatoms. The predicted octanol–water partition coefficient (Wildman–Crippen LogP) is -3.81. The van der Waals surface area contributed by atoms with E-state index in [-0.39, 0.29) is 6.42 Å². The van der Waals surface area contributed by atoms with E-state index in [1.54, 1.807) is 0 Å². The second-order valence-corrected chi connectivity index (χ2v) is 6.86. The second-order valence-electron chi connectivity index (χ2n) is 6.86. The average Bonchev–Trinajstić information content (AvgIpc) is 3.18. The number of nitrogens with one attached hydrogen (secondary N) is 4. The van der Waals surface area contributed by atoms with Crippen LogP contribution in [0.2, 0.25) is 0 Å². The number of nitrogens with zero attached hydrogens (tertiary/aromatic N) is 1. The third kappa shape index (κ3) is 8.78. The van der Waals surface area contributed by atoms with Crippen LogP contribution in [-0.2, 0) is 35.2 Å². The average molecular weight is 455 g/mol. The van der Waals surface area contributed by atoms with Crippen LogP contribution in [-0.4, -0.2) is 79.9 Å². The summed E-state index contributed by atoms with van der Waals surface area (Å²) in [6, 6.07) is -5.67. The van der Waals surface area contributed by atoms with Gasteiger partial charge in [0.15, 0.2) is 0 Å². The summed E-state index contributed by atoms with van der Waals surface area (Å²) in [7, 11) is 0. The highest BCUT2D eigenvalue weighted by atomic mass is 16.4. The standard InChI is InChI=1S/C17H25N7O8/c1-7(18)14(28)22-9(2-8-5-20-6-21-8)15(29)23-10(4-13(26)27)16(30)24-11(17(31)32)3-12(19)25/h5-7,9-11H,2-4,18H2,1H3,(H2,19,25)(H,20,21)(H,22,28)(H,23,29)(H,24,30)(H,26,27)(H,31,32). The normalized spacial score (nSPS) is 14.3. The molecule has 0 aliphatic heterocycles. The number of carbonyl (C=O) groups is 6. The number of aliphatic carboxylic acids is 2. The maximum Gasteiger partial charge on any atom is 0.326 e. The van der Waals surface area contributed by atoms with Gasteiger partial charge in [-0.05, 0) is 6.92 Å². The first-order chi connectivity index (χ1) is 14.9. The molecule has 4 atom stereocenters. The van der Waals surface area contributed by atoms with E-state index in [1.165, 1.54) is 19.4 Å². The number of carboxylic acid groups (broad SMARTS) is 2. The van der Waals surface area contributed by atoms with Gasteiger partial charge >= 0.3 is 11.9 Å². The number of aromatic nitrogens is 2. The Morgan fingerprint density at radius 1 is 0.969 bits per heavy atom. The Morgan fingerprint density at radius 3 is 2.00 bits per heavy atom. The summed E-state index contributed by atoms with van der Waals surface area (Å²) in [6.45, 7) is 1.38. The molecule has 4 unspecified atom stereocenters. The zero-order valence-electron chi connectivity index (χ0n) is 17.0. The van der Waals surface area contributed by atoms with Gasteiger partial charge in [0.2, 0.25) is 23.6 Å². The highest BCUT2D eigenvalue weighted by Crippen LogP contribution is 2.03. The third-order valence-electron chi connectivity index (χ3n) is 4.06. The first-order valence-electron chi connectivity index (χ1n) is 9.27. The van der Waals surface area contributed by atoms with Crippen LogP contribution in [0.1, 0.15) is 25.5 Å². The maximum atomic E-state index is 12.8. The minimum atomic E-state index is -1.73. The number of aromatic amines is 1. The van der Waals surface area contributed by atoms with E-state index in [1.807, 2.05) is 5.32 Å². The van der Waals surface area contributed by atoms with Gasteiger partial charge in [0.1, 0.15) is 18.1 Å². The summed E-state index contributed by atoms with van der Waals surface area (Å²) in [6.07, 6.45) is 0.982. The number of primary amides is 1. The number of hydrogen-bond donors (Lipinski definition) is 8. The topological polar surface area (TPSA) is 260 Å². The van der Waals surface area contributed by atoms with Crippen molar-refractivity contribution in [3.05, 3.63) is 18.2 Å². The van der Waals surface area contributed by atoms with Gasteiger partial charge < -0.3 is 42.6 Å². The summed E-state index contributed by atoms with van der Waals surface area (Å²) in [5.74, 6) is -6.87. The van der Waals surface area contributed by atoms with Gasteiger partial charge in [-0.3, -0.25) is 24.0 Å². The molecule has 0 saturated carbocycles. The second kappa shape index (κ2) is 12.0. The molecule has 0 spiro atoms. The SMILES string of the molecule is CC(N)C(=O)NC(Cc1cnc[nH]1)C(=O)NC(CC(=O)O)C(=O)NC(CC(N)=O)C(=O)O. The Bertz CT molecular complexity index is 855. The first-order valence-corrected chi connectivity index (χ1v) is 9.27. The van der Waals surface area contributed by atoms with Crippen molar-refractivity contribution < 1.29 is 39.0 Å². The van der Waals surface area contributed by atoms with E-state index >= 15 is 0 Å². The zero-order chi connectivity index (χ0) is 24.4. The minimum absolute atomic E-state index is 0.0921. The lowest BCUT2D eigenvalue weighted by molar-refractivity contribution is -0.144. The van der Waals surface area contributed by atoms with Gasteiger partial charge in [-0.15, -0.1) is 0 Å². The fourth-order valence-electron chi connectivity index (χ4n) is 2.46. The maximum absolute atomic E-state index is 12.8. The molecule has 1 aromatic rings. The lowest BCUT2D eigenvalue weighted by atomic mass is 10.1. The van der Waals surface area contributed by atoms with Gasteiger partial charge in [0.05, 0.1) is 25.2 Å². The van der Waals surface area contributed by atoms with Gasteiger partial charge in [0.25, 0.3) is 0 Å². The summed E-state index contributed by atoms with van der Waals surface area (Å²) >= 11 is 0. The Morgan fingerprint density at radius 2 is 1.53 bits per heavy atom. The van der Waals surface area contributed by atoms with Crippen LogP contribution in [0, 0.1) is 0 Å². The molecular weight excluding hydrogens is 430 g/mol. The van der Waals surface area contributed by atoms with Gasteiger partial charge in [-0.1, -0.05) is 0 Å². The van der Waals surface area contributed by atoms with Crippen molar-refractivity contribution in [1.82, 2.24) is 25.9 Å². The molecule has 1 aromatic heterocycles. The van der Waals surface area contributed by atoms with Crippen LogP contribution >= 0.6 is 0 Å². The Balaban J connectivity index is 3.03. The lowest BCUT2D eigenvalue weighted by Crippen LogP contribution is -2.58. The van der Waals surface area contributed by atoms with Crippen molar-refractivity contribution in [2.75, 3.05) is 0 Å². The van der Waals surface area contributed by atoms with Crippen LogP contribution < -0.4 is 27.4 Å². The molecule has 15 nitrogen and oxygen atoms in total. The fourth-order valence-corrected chi connectivity index (χ4v) is 2.46. The molecule has 0 aliphatic rings. The summed E-state index contributed by atoms with van der Waals surface area (Å²) in [5, 5.41) is 24.7. The number of nitrogens with two attached hydrogens (primary N) is 2. The van der Waals surface area contributed by atoms with Crippen LogP contribution in [0.15, 0.2) is 12.5 Å². The van der Waals surface area contributed by atoms with Crippen LogP contribution in [0.5, 0.6) is 0 Å². The molecule has 0 bridgehead atoms. The van der Waals surface area contributed by atoms with E-state index in [0.29, 0.717) is 5.69 Å². The van der Waals surface area contributed by atoms with E-state index in [4.69, 9.17) is 21.7 Å². The van der Waals surface area contributed by atoms with E-state index in [0.717, 1.165) is 0 Å². The molecular formula is C17H25N7O8. The third-order valence-corrected chi connectivity index (χ3v) is 4.06. The Hall–Kier alpha value is -4.01. The van der Waals surface area contributed by atoms with Crippen molar-refractivity contribution in [2.45, 2.75) is 50.4 Å². The van der Waals surface area contributed by atoms with E-state index in [9.17, 15) is 28.8 Å². The molecule has 4 amide bonds. The minimum Gasteiger partial charge on any atom is -0.481 e. The molecule has 1 rings (SSSR count). The van der Waals surface area contributed by atoms with Crippen LogP contribution in [0.25, 0.3) is 0 Å². The lowest BCUT2D eigenvalue weighted by Gasteiger charge is -2.23. The largest absolute Gasteiger partial charge is 0.481 e. The van der Waals surface area contributed by atoms with E-state index in [2.05, 4.69) is 20.6 Å². The highest BCUT2D eigenvalue weighted by molar-refractivity contribution is 5.96. The molecule has 0 saturated heterocycles. The van der Waals surface area contributed by atoms with Gasteiger partial charge in [0, 0.05) is 18.3 Å². The Kier molecular flexibility index (Phi) is 9.75. The molecule has 0 aliphatic carbocycles. The van der Waals surface area contributed by atoms with Crippen molar-refractivity contribution in [3.63, 3.8) is 0 Å². The summed E-state index contributed by atoms with van der Waals surface area (Å²) < 4.78 is 0. The van der Waals surface area contributed by atoms with E-state index < -0.39 is 72.6 Å². The zero-order valence-corrected chi connectivity index (χ0v) is 17.0. The van der Waals surface area contributed by atoms with Crippen molar-refractivity contribution in [2.24, 2.45) is 11.5 Å².